The Morgan fingerprint density at radius 1 is 1.32 bits per heavy atom. The number of aryl methyl sites for hydroxylation is 2. The first-order chi connectivity index (χ1) is 9.22. The number of rotatable bonds is 6. The van der Waals surface area contributed by atoms with Crippen LogP contribution in [-0.4, -0.2) is 9.97 Å². The van der Waals surface area contributed by atoms with E-state index in [0.29, 0.717) is 6.04 Å². The van der Waals surface area contributed by atoms with Gasteiger partial charge in [0, 0.05) is 16.6 Å². The first-order valence-corrected chi connectivity index (χ1v) is 7.75. The summed E-state index contributed by atoms with van der Waals surface area (Å²) in [5.74, 6) is 1.78. The van der Waals surface area contributed by atoms with E-state index in [9.17, 15) is 0 Å². The molecular formula is C15H21N3S. The van der Waals surface area contributed by atoms with Crippen LogP contribution >= 0.6 is 11.3 Å². The van der Waals surface area contributed by atoms with Crippen LogP contribution in [0.3, 0.4) is 0 Å². The van der Waals surface area contributed by atoms with Crippen LogP contribution in [0.15, 0.2) is 23.6 Å². The molecule has 2 aromatic rings. The molecule has 0 saturated carbocycles. The summed E-state index contributed by atoms with van der Waals surface area (Å²) in [5, 5.41) is 5.68. The van der Waals surface area contributed by atoms with Crippen molar-refractivity contribution >= 4 is 17.2 Å². The molecule has 2 aromatic heterocycles. The van der Waals surface area contributed by atoms with Gasteiger partial charge < -0.3 is 5.32 Å². The Labute approximate surface area is 119 Å². The van der Waals surface area contributed by atoms with E-state index in [0.717, 1.165) is 36.6 Å². The molecule has 2 heterocycles. The maximum absolute atomic E-state index is 4.50. The monoisotopic (exact) mass is 275 g/mol. The number of aromatic nitrogens is 2. The Kier molecular flexibility index (Phi) is 4.91. The molecule has 4 heteroatoms. The molecule has 19 heavy (non-hydrogen) atoms. The topological polar surface area (TPSA) is 37.8 Å². The molecule has 1 atom stereocenters. The van der Waals surface area contributed by atoms with E-state index in [4.69, 9.17) is 0 Å². The fourth-order valence-electron chi connectivity index (χ4n) is 2.13. The fourth-order valence-corrected chi connectivity index (χ4v) is 2.94. The van der Waals surface area contributed by atoms with Gasteiger partial charge in [0.2, 0.25) is 0 Å². The summed E-state index contributed by atoms with van der Waals surface area (Å²) < 4.78 is 0. The van der Waals surface area contributed by atoms with Crippen molar-refractivity contribution in [2.24, 2.45) is 0 Å². The molecule has 102 valence electrons. The Morgan fingerprint density at radius 2 is 2.16 bits per heavy atom. The number of nitrogens with one attached hydrogen (secondary N) is 1. The molecule has 0 aliphatic rings. The average molecular weight is 275 g/mol. The maximum Gasteiger partial charge on any atom is 0.130 e. The normalized spacial score (nSPS) is 12.4. The molecule has 2 rings (SSSR count). The van der Waals surface area contributed by atoms with Gasteiger partial charge in [-0.05, 0) is 31.2 Å². The summed E-state index contributed by atoms with van der Waals surface area (Å²) in [6, 6.07) is 6.70. The Bertz CT molecular complexity index is 508. The van der Waals surface area contributed by atoms with Gasteiger partial charge in [-0.3, -0.25) is 0 Å². The first kappa shape index (κ1) is 14.0. The number of hydrogen-bond acceptors (Lipinski definition) is 4. The molecule has 0 spiro atoms. The highest BCUT2D eigenvalue weighted by molar-refractivity contribution is 7.10. The third-order valence-electron chi connectivity index (χ3n) is 3.04. The van der Waals surface area contributed by atoms with Gasteiger partial charge in [-0.15, -0.1) is 11.3 Å². The van der Waals surface area contributed by atoms with Gasteiger partial charge in [0.15, 0.2) is 0 Å². The second kappa shape index (κ2) is 6.66. The lowest BCUT2D eigenvalue weighted by Crippen LogP contribution is -2.11. The minimum Gasteiger partial charge on any atom is -0.362 e. The predicted octanol–water partition coefficient (Wildman–Crippen LogP) is 4.36. The molecular weight excluding hydrogens is 254 g/mol. The van der Waals surface area contributed by atoms with Crippen molar-refractivity contribution in [3.63, 3.8) is 0 Å². The maximum atomic E-state index is 4.50. The first-order valence-electron chi connectivity index (χ1n) is 6.87. The molecule has 0 aliphatic heterocycles. The third-order valence-corrected chi connectivity index (χ3v) is 4.03. The van der Waals surface area contributed by atoms with Crippen LogP contribution in [-0.2, 0) is 6.42 Å². The van der Waals surface area contributed by atoms with Gasteiger partial charge in [-0.2, -0.15) is 0 Å². The zero-order chi connectivity index (χ0) is 13.7. The van der Waals surface area contributed by atoms with Crippen LogP contribution in [0.1, 0.15) is 49.1 Å². The molecule has 0 saturated heterocycles. The largest absolute Gasteiger partial charge is 0.362 e. The predicted molar refractivity (Wildman–Crippen MR) is 81.7 cm³/mol. The summed E-state index contributed by atoms with van der Waals surface area (Å²) in [4.78, 5) is 10.3. The molecule has 3 nitrogen and oxygen atoms in total. The third kappa shape index (κ3) is 3.77. The SMILES string of the molecule is CCCC(Nc1cc(CC)nc(C)n1)c1cccs1. The van der Waals surface area contributed by atoms with Crippen molar-refractivity contribution in [1.29, 1.82) is 0 Å². The Morgan fingerprint density at radius 3 is 2.79 bits per heavy atom. The van der Waals surface area contributed by atoms with Gasteiger partial charge in [-0.25, -0.2) is 9.97 Å². The van der Waals surface area contributed by atoms with Gasteiger partial charge in [-0.1, -0.05) is 26.3 Å². The van der Waals surface area contributed by atoms with Crippen molar-refractivity contribution in [3.8, 4) is 0 Å². The number of anilines is 1. The van der Waals surface area contributed by atoms with Gasteiger partial charge in [0.1, 0.15) is 11.6 Å². The summed E-state index contributed by atoms with van der Waals surface area (Å²) >= 11 is 1.80. The van der Waals surface area contributed by atoms with Crippen LogP contribution in [0.5, 0.6) is 0 Å². The van der Waals surface area contributed by atoms with Crippen molar-refractivity contribution in [1.82, 2.24) is 9.97 Å². The molecule has 1 N–H and O–H groups in total. The van der Waals surface area contributed by atoms with E-state index in [1.807, 2.05) is 6.92 Å². The second-order valence-corrected chi connectivity index (χ2v) is 5.63. The van der Waals surface area contributed by atoms with E-state index in [1.165, 1.54) is 4.88 Å². The fraction of sp³-hybridized carbons (Fsp3) is 0.467. The van der Waals surface area contributed by atoms with Crippen LogP contribution in [0.4, 0.5) is 5.82 Å². The number of hydrogen-bond donors (Lipinski definition) is 1. The van der Waals surface area contributed by atoms with Gasteiger partial charge in [0.05, 0.1) is 6.04 Å². The van der Waals surface area contributed by atoms with E-state index in [2.05, 4.69) is 52.7 Å². The quantitative estimate of drug-likeness (QED) is 0.851. The van der Waals surface area contributed by atoms with E-state index < -0.39 is 0 Å². The second-order valence-electron chi connectivity index (χ2n) is 4.65. The van der Waals surface area contributed by atoms with E-state index in [-0.39, 0.29) is 0 Å². The van der Waals surface area contributed by atoms with Crippen LogP contribution in [0, 0.1) is 6.92 Å². The highest BCUT2D eigenvalue weighted by Crippen LogP contribution is 2.27. The van der Waals surface area contributed by atoms with Crippen LogP contribution in [0.2, 0.25) is 0 Å². The van der Waals surface area contributed by atoms with Gasteiger partial charge in [0.25, 0.3) is 0 Å². The minimum atomic E-state index is 0.351. The summed E-state index contributed by atoms with van der Waals surface area (Å²) in [5.41, 5.74) is 1.09. The standard InChI is InChI=1S/C15H21N3S/c1-4-7-13(14-8-6-9-19-14)18-15-10-12(5-2)16-11(3)17-15/h6,8-10,13H,4-5,7H2,1-3H3,(H,16,17,18). The number of nitrogens with zero attached hydrogens (tertiary/aromatic N) is 2. The van der Waals surface area contributed by atoms with E-state index >= 15 is 0 Å². The van der Waals surface area contributed by atoms with Crippen molar-refractivity contribution in [3.05, 3.63) is 40.0 Å². The summed E-state index contributed by atoms with van der Waals surface area (Å²) in [6.07, 6.45) is 3.21. The van der Waals surface area contributed by atoms with Crippen molar-refractivity contribution in [2.75, 3.05) is 5.32 Å². The van der Waals surface area contributed by atoms with Gasteiger partial charge >= 0.3 is 0 Å². The van der Waals surface area contributed by atoms with Crippen LogP contribution < -0.4 is 5.32 Å². The Hall–Kier alpha value is -1.42. The molecule has 0 aliphatic carbocycles. The number of thiophene rings is 1. The minimum absolute atomic E-state index is 0.351. The zero-order valence-corrected chi connectivity index (χ0v) is 12.6. The highest BCUT2D eigenvalue weighted by Gasteiger charge is 2.12. The summed E-state index contributed by atoms with van der Waals surface area (Å²) in [6.45, 7) is 6.28. The van der Waals surface area contributed by atoms with Crippen molar-refractivity contribution in [2.45, 2.75) is 46.1 Å². The molecule has 0 aromatic carbocycles. The molecule has 0 amide bonds. The van der Waals surface area contributed by atoms with Crippen LogP contribution in [0.25, 0.3) is 0 Å². The van der Waals surface area contributed by atoms with Crippen molar-refractivity contribution < 1.29 is 0 Å². The average Bonchev–Trinajstić information content (AvgIpc) is 2.91. The highest BCUT2D eigenvalue weighted by atomic mass is 32.1. The smallest absolute Gasteiger partial charge is 0.130 e. The molecule has 0 radical (unpaired) electrons. The summed E-state index contributed by atoms with van der Waals surface area (Å²) in [7, 11) is 0. The lowest BCUT2D eigenvalue weighted by Gasteiger charge is -2.18. The Balaban J connectivity index is 2.19. The molecule has 0 bridgehead atoms. The van der Waals surface area contributed by atoms with E-state index in [1.54, 1.807) is 11.3 Å². The zero-order valence-electron chi connectivity index (χ0n) is 11.8. The lowest BCUT2D eigenvalue weighted by atomic mass is 10.1. The molecule has 1 unspecified atom stereocenters. The molecule has 0 fully saturated rings. The lowest BCUT2D eigenvalue weighted by molar-refractivity contribution is 0.683.